The van der Waals surface area contributed by atoms with Crippen LogP contribution in [0.15, 0.2) is 23.8 Å². The van der Waals surface area contributed by atoms with Gasteiger partial charge < -0.3 is 0 Å². The Morgan fingerprint density at radius 1 is 1.64 bits per heavy atom. The summed E-state index contributed by atoms with van der Waals surface area (Å²) in [5, 5.41) is 4.45. The molecule has 0 bridgehead atoms. The van der Waals surface area contributed by atoms with Gasteiger partial charge in [0.1, 0.15) is 0 Å². The summed E-state index contributed by atoms with van der Waals surface area (Å²) < 4.78 is 21.7. The summed E-state index contributed by atoms with van der Waals surface area (Å²) >= 11 is 0. The summed E-state index contributed by atoms with van der Waals surface area (Å²) in [6.07, 6.45) is 5.89. The van der Waals surface area contributed by atoms with Gasteiger partial charge in [0.25, 0.3) is 0 Å². The summed E-state index contributed by atoms with van der Waals surface area (Å²) in [6.45, 7) is 1.86. The first kappa shape index (κ1) is 8.49. The Morgan fingerprint density at radius 2 is 2.27 bits per heavy atom. The average molecular weight is 173 g/mol. The van der Waals surface area contributed by atoms with Gasteiger partial charge in [-0.1, -0.05) is 23.8 Å². The van der Waals surface area contributed by atoms with E-state index in [0.29, 0.717) is 6.42 Å². The minimum absolute atomic E-state index is 0.496. The van der Waals surface area contributed by atoms with Crippen molar-refractivity contribution in [1.29, 1.82) is 0 Å². The van der Waals surface area contributed by atoms with E-state index in [1.807, 2.05) is 19.1 Å². The van der Waals surface area contributed by atoms with Crippen LogP contribution in [0.2, 0.25) is 0 Å². The summed E-state index contributed by atoms with van der Waals surface area (Å²) in [5.41, 5.74) is 0.954. The normalized spacial score (nSPS) is 24.9. The van der Waals surface area contributed by atoms with Crippen molar-refractivity contribution in [2.24, 2.45) is 5.14 Å². The third-order valence-electron chi connectivity index (χ3n) is 1.62. The lowest BCUT2D eigenvalue weighted by atomic mass is 10.1. The van der Waals surface area contributed by atoms with E-state index in [2.05, 4.69) is 0 Å². The monoisotopic (exact) mass is 173 g/mol. The topological polar surface area (TPSA) is 60.2 Å². The highest BCUT2D eigenvalue weighted by Gasteiger charge is 2.18. The fraction of sp³-hybridized carbons (Fsp3) is 0.429. The largest absolute Gasteiger partial charge is 0.228 e. The molecule has 0 heterocycles. The van der Waals surface area contributed by atoms with Crippen LogP contribution in [-0.4, -0.2) is 13.7 Å². The second-order valence-corrected chi connectivity index (χ2v) is 4.46. The lowest BCUT2D eigenvalue weighted by Crippen LogP contribution is -2.27. The number of sulfonamides is 1. The van der Waals surface area contributed by atoms with E-state index in [1.54, 1.807) is 6.08 Å². The van der Waals surface area contributed by atoms with Crippen molar-refractivity contribution >= 4 is 10.0 Å². The lowest BCUT2D eigenvalue weighted by Gasteiger charge is -2.11. The molecule has 0 aliphatic heterocycles. The summed E-state index contributed by atoms with van der Waals surface area (Å²) in [4.78, 5) is 0. The van der Waals surface area contributed by atoms with E-state index in [4.69, 9.17) is 5.14 Å². The molecule has 11 heavy (non-hydrogen) atoms. The SMILES string of the molecule is CC1=CC(S(N)(=O)=O)CC=C1. The zero-order valence-electron chi connectivity index (χ0n) is 6.32. The molecule has 0 saturated heterocycles. The molecule has 2 N–H and O–H groups in total. The van der Waals surface area contributed by atoms with Gasteiger partial charge >= 0.3 is 0 Å². The second-order valence-electron chi connectivity index (χ2n) is 2.68. The van der Waals surface area contributed by atoms with Crippen LogP contribution in [0.5, 0.6) is 0 Å². The predicted octanol–water partition coefficient (Wildman–Crippen LogP) is 0.550. The highest BCUT2D eigenvalue weighted by Crippen LogP contribution is 2.14. The Labute approximate surface area is 66.6 Å². The van der Waals surface area contributed by atoms with Gasteiger partial charge in [-0.05, 0) is 13.3 Å². The first-order chi connectivity index (χ1) is 5.00. The third kappa shape index (κ3) is 2.17. The molecule has 0 saturated carbocycles. The van der Waals surface area contributed by atoms with Crippen LogP contribution < -0.4 is 5.14 Å². The van der Waals surface area contributed by atoms with E-state index >= 15 is 0 Å². The van der Waals surface area contributed by atoms with Crippen molar-refractivity contribution < 1.29 is 8.42 Å². The number of hydrogen-bond acceptors (Lipinski definition) is 2. The molecule has 1 rings (SSSR count). The van der Waals surface area contributed by atoms with Gasteiger partial charge in [-0.15, -0.1) is 0 Å². The molecular formula is C7H11NO2S. The molecule has 0 aromatic heterocycles. The van der Waals surface area contributed by atoms with Crippen LogP contribution in [0.1, 0.15) is 13.3 Å². The quantitative estimate of drug-likeness (QED) is 0.629. The first-order valence-corrected chi connectivity index (χ1v) is 4.97. The molecule has 0 spiro atoms. The molecule has 1 atom stereocenters. The van der Waals surface area contributed by atoms with Gasteiger partial charge in [-0.2, -0.15) is 0 Å². The molecule has 1 aliphatic carbocycles. The van der Waals surface area contributed by atoms with E-state index in [9.17, 15) is 8.42 Å². The molecule has 0 aromatic carbocycles. The highest BCUT2D eigenvalue weighted by atomic mass is 32.2. The van der Waals surface area contributed by atoms with Gasteiger partial charge in [-0.25, -0.2) is 13.6 Å². The minimum Gasteiger partial charge on any atom is -0.228 e. The summed E-state index contributed by atoms with van der Waals surface area (Å²) in [6, 6.07) is 0. The molecule has 62 valence electrons. The molecule has 0 fully saturated rings. The van der Waals surface area contributed by atoms with Crippen molar-refractivity contribution in [1.82, 2.24) is 0 Å². The lowest BCUT2D eigenvalue weighted by molar-refractivity contribution is 0.589. The van der Waals surface area contributed by atoms with Crippen molar-refractivity contribution in [2.75, 3.05) is 0 Å². The maximum Gasteiger partial charge on any atom is 0.215 e. The van der Waals surface area contributed by atoms with E-state index in [1.165, 1.54) is 0 Å². The van der Waals surface area contributed by atoms with E-state index < -0.39 is 15.3 Å². The fourth-order valence-corrected chi connectivity index (χ4v) is 1.82. The standard InChI is InChI=1S/C7H11NO2S/c1-6-3-2-4-7(5-6)11(8,9)10/h2-3,5,7H,4H2,1H3,(H2,8,9,10). The Morgan fingerprint density at radius 3 is 2.64 bits per heavy atom. The van der Waals surface area contributed by atoms with E-state index in [-0.39, 0.29) is 0 Å². The molecule has 3 nitrogen and oxygen atoms in total. The van der Waals surface area contributed by atoms with Crippen LogP contribution in [0, 0.1) is 0 Å². The van der Waals surface area contributed by atoms with Crippen LogP contribution in [-0.2, 0) is 10.0 Å². The molecular weight excluding hydrogens is 162 g/mol. The van der Waals surface area contributed by atoms with Gasteiger partial charge in [0, 0.05) is 0 Å². The molecule has 4 heteroatoms. The fourth-order valence-electron chi connectivity index (χ4n) is 1.03. The number of nitrogens with two attached hydrogens (primary N) is 1. The molecule has 0 aromatic rings. The number of hydrogen-bond donors (Lipinski definition) is 1. The smallest absolute Gasteiger partial charge is 0.215 e. The summed E-state index contributed by atoms with van der Waals surface area (Å²) in [7, 11) is -3.39. The second kappa shape index (κ2) is 2.79. The zero-order valence-corrected chi connectivity index (χ0v) is 7.14. The first-order valence-electron chi connectivity index (χ1n) is 3.37. The van der Waals surface area contributed by atoms with Crippen molar-refractivity contribution in [3.05, 3.63) is 23.8 Å². The molecule has 1 aliphatic rings. The molecule has 0 radical (unpaired) electrons. The number of primary sulfonamides is 1. The van der Waals surface area contributed by atoms with Gasteiger partial charge in [-0.3, -0.25) is 0 Å². The molecule has 1 unspecified atom stereocenters. The Kier molecular flexibility index (Phi) is 2.15. The van der Waals surface area contributed by atoms with Crippen molar-refractivity contribution in [3.63, 3.8) is 0 Å². The van der Waals surface area contributed by atoms with Crippen molar-refractivity contribution in [3.8, 4) is 0 Å². The number of rotatable bonds is 1. The number of allylic oxidation sites excluding steroid dienone is 3. The van der Waals surface area contributed by atoms with Crippen LogP contribution >= 0.6 is 0 Å². The van der Waals surface area contributed by atoms with Crippen LogP contribution in [0.4, 0.5) is 0 Å². The van der Waals surface area contributed by atoms with Crippen molar-refractivity contribution in [2.45, 2.75) is 18.6 Å². The van der Waals surface area contributed by atoms with Gasteiger partial charge in [0.05, 0.1) is 5.25 Å². The maximum atomic E-state index is 10.8. The van der Waals surface area contributed by atoms with E-state index in [0.717, 1.165) is 5.57 Å². The Bertz CT molecular complexity index is 300. The van der Waals surface area contributed by atoms with Gasteiger partial charge in [0.2, 0.25) is 10.0 Å². The predicted molar refractivity (Wildman–Crippen MR) is 44.4 cm³/mol. The van der Waals surface area contributed by atoms with Crippen LogP contribution in [0.3, 0.4) is 0 Å². The van der Waals surface area contributed by atoms with Gasteiger partial charge in [0.15, 0.2) is 0 Å². The van der Waals surface area contributed by atoms with Crippen LogP contribution in [0.25, 0.3) is 0 Å². The highest BCUT2D eigenvalue weighted by molar-refractivity contribution is 7.89. The zero-order chi connectivity index (χ0) is 8.48. The Balaban J connectivity index is 2.89. The maximum absolute atomic E-state index is 10.8. The Hall–Kier alpha value is -0.610. The molecule has 0 amide bonds. The third-order valence-corrected chi connectivity index (χ3v) is 2.79. The minimum atomic E-state index is -3.39. The summed E-state index contributed by atoms with van der Waals surface area (Å²) in [5.74, 6) is 0. The average Bonchev–Trinajstić information content (AvgIpc) is 1.86.